The van der Waals surface area contributed by atoms with Crippen LogP contribution in [0.5, 0.6) is 0 Å². The number of aryl methyl sites for hydroxylation is 1. The van der Waals surface area contributed by atoms with Crippen LogP contribution >= 0.6 is 0 Å². The highest BCUT2D eigenvalue weighted by Crippen LogP contribution is 2.18. The Labute approximate surface area is 187 Å². The van der Waals surface area contributed by atoms with Crippen molar-refractivity contribution in [2.24, 2.45) is 7.05 Å². The van der Waals surface area contributed by atoms with Gasteiger partial charge in [0.15, 0.2) is 0 Å². The van der Waals surface area contributed by atoms with Crippen molar-refractivity contribution in [2.75, 3.05) is 6.54 Å². The van der Waals surface area contributed by atoms with Gasteiger partial charge in [0.25, 0.3) is 5.91 Å². The van der Waals surface area contributed by atoms with Gasteiger partial charge >= 0.3 is 12.1 Å². The van der Waals surface area contributed by atoms with Crippen LogP contribution in [-0.2, 0) is 36.3 Å². The van der Waals surface area contributed by atoms with Crippen LogP contribution in [0.4, 0.5) is 13.2 Å². The Morgan fingerprint density at radius 2 is 1.94 bits per heavy atom. The van der Waals surface area contributed by atoms with Crippen molar-refractivity contribution in [1.82, 2.24) is 24.0 Å². The molecule has 1 amide bonds. The molecule has 176 valence electrons. The predicted molar refractivity (Wildman–Crippen MR) is 109 cm³/mol. The summed E-state index contributed by atoms with van der Waals surface area (Å²) in [6, 6.07) is 9.81. The zero-order chi connectivity index (χ0) is 24.0. The number of halogens is 3. The number of fused-ring (bicyclic) bond motifs is 1. The van der Waals surface area contributed by atoms with Gasteiger partial charge in [-0.25, -0.2) is 9.78 Å². The highest BCUT2D eigenvalue weighted by atomic mass is 19.4. The molecule has 0 saturated heterocycles. The number of imidazole rings is 1. The van der Waals surface area contributed by atoms with Gasteiger partial charge in [-0.05, 0) is 24.3 Å². The number of carbonyl (C=O) groups is 2. The minimum absolute atomic E-state index is 0.0771. The number of carboxylic acids is 1. The lowest BCUT2D eigenvalue weighted by atomic mass is 10.3. The van der Waals surface area contributed by atoms with Crippen molar-refractivity contribution in [3.05, 3.63) is 72.3 Å². The largest absolute Gasteiger partial charge is 0.490 e. The van der Waals surface area contributed by atoms with E-state index in [0.29, 0.717) is 31.9 Å². The van der Waals surface area contributed by atoms with Crippen molar-refractivity contribution in [3.63, 3.8) is 0 Å². The number of aromatic nitrogens is 4. The minimum Gasteiger partial charge on any atom is -0.475 e. The Hall–Kier alpha value is -3.67. The Bertz CT molecular complexity index is 1080. The Kier molecular flexibility index (Phi) is 7.48. The second-order valence-electron chi connectivity index (χ2n) is 7.32. The zero-order valence-corrected chi connectivity index (χ0v) is 17.6. The number of hydrogen-bond donors (Lipinski definition) is 1. The van der Waals surface area contributed by atoms with Gasteiger partial charge in [0.2, 0.25) is 0 Å². The molecular formula is C21H22F3N5O4. The maximum Gasteiger partial charge on any atom is 0.490 e. The smallest absolute Gasteiger partial charge is 0.475 e. The summed E-state index contributed by atoms with van der Waals surface area (Å²) in [5.74, 6) is -2.83. The van der Waals surface area contributed by atoms with Gasteiger partial charge in [0, 0.05) is 37.9 Å². The summed E-state index contributed by atoms with van der Waals surface area (Å²) in [6.07, 6.45) is 1.98. The highest BCUT2D eigenvalue weighted by molar-refractivity contribution is 5.92. The van der Waals surface area contributed by atoms with Gasteiger partial charge in [-0.3, -0.25) is 9.78 Å². The van der Waals surface area contributed by atoms with Crippen LogP contribution in [0.15, 0.2) is 55.2 Å². The number of carbonyl (C=O) groups excluding carboxylic acids is 1. The number of rotatable bonds is 4. The minimum atomic E-state index is -5.08. The second-order valence-corrected chi connectivity index (χ2v) is 7.32. The molecule has 1 aliphatic heterocycles. The molecule has 1 atom stereocenters. The Balaban J connectivity index is 0.000000383. The van der Waals surface area contributed by atoms with Crippen molar-refractivity contribution < 1.29 is 32.6 Å². The first-order valence-corrected chi connectivity index (χ1v) is 9.86. The average molecular weight is 465 g/mol. The van der Waals surface area contributed by atoms with E-state index < -0.39 is 12.1 Å². The molecule has 0 spiro atoms. The third-order valence-corrected chi connectivity index (χ3v) is 4.75. The molecule has 0 fully saturated rings. The highest BCUT2D eigenvalue weighted by Gasteiger charge is 2.38. The third-order valence-electron chi connectivity index (χ3n) is 4.75. The van der Waals surface area contributed by atoms with Crippen molar-refractivity contribution in [1.29, 1.82) is 0 Å². The number of amides is 1. The molecular weight excluding hydrogens is 443 g/mol. The summed E-state index contributed by atoms with van der Waals surface area (Å²) in [7, 11) is 1.86. The third kappa shape index (κ3) is 6.65. The number of alkyl halides is 3. The summed E-state index contributed by atoms with van der Waals surface area (Å²) in [5, 5.41) is 7.12. The number of pyridine rings is 1. The lowest BCUT2D eigenvalue weighted by molar-refractivity contribution is -0.192. The first-order chi connectivity index (χ1) is 15.6. The quantitative estimate of drug-likeness (QED) is 0.635. The number of hydrogen-bond acceptors (Lipinski definition) is 5. The molecule has 0 aliphatic carbocycles. The van der Waals surface area contributed by atoms with Crippen molar-refractivity contribution in [2.45, 2.75) is 32.0 Å². The molecule has 1 N–H and O–H groups in total. The van der Waals surface area contributed by atoms with Crippen molar-refractivity contribution >= 4 is 11.9 Å². The van der Waals surface area contributed by atoms with Crippen LogP contribution in [0.2, 0.25) is 0 Å². The fourth-order valence-electron chi connectivity index (χ4n) is 3.19. The van der Waals surface area contributed by atoms with Gasteiger partial charge in [0.05, 0.1) is 37.8 Å². The van der Waals surface area contributed by atoms with Crippen LogP contribution in [0.25, 0.3) is 0 Å². The molecule has 3 aromatic heterocycles. The molecule has 3 aromatic rings. The molecule has 9 nitrogen and oxygen atoms in total. The van der Waals surface area contributed by atoms with E-state index in [4.69, 9.17) is 14.6 Å². The molecule has 12 heteroatoms. The molecule has 33 heavy (non-hydrogen) atoms. The maximum absolute atomic E-state index is 12.9. The Morgan fingerprint density at radius 1 is 1.18 bits per heavy atom. The normalized spacial score (nSPS) is 15.8. The van der Waals surface area contributed by atoms with Crippen molar-refractivity contribution in [3.8, 4) is 0 Å². The lowest BCUT2D eigenvalue weighted by Gasteiger charge is -2.23. The van der Waals surface area contributed by atoms with Gasteiger partial charge in [-0.15, -0.1) is 0 Å². The van der Waals surface area contributed by atoms with E-state index in [0.717, 1.165) is 11.4 Å². The molecule has 0 radical (unpaired) electrons. The molecule has 0 aromatic carbocycles. The number of aliphatic carboxylic acids is 1. The number of nitrogens with zero attached hydrogens (tertiary/aromatic N) is 5. The van der Waals surface area contributed by atoms with E-state index in [-0.39, 0.29) is 12.0 Å². The first kappa shape index (κ1) is 24.0. The molecule has 0 bridgehead atoms. The molecule has 4 heterocycles. The van der Waals surface area contributed by atoms with E-state index in [1.54, 1.807) is 23.3 Å². The van der Waals surface area contributed by atoms with Gasteiger partial charge < -0.3 is 23.9 Å². The SMILES string of the molecule is Cn1cnc(C(=O)N2Cc3cccn3CC(OCc3ccccn3)C2)c1.O=C(O)C(F)(F)F. The van der Waals surface area contributed by atoms with Crippen LogP contribution in [0.3, 0.4) is 0 Å². The lowest BCUT2D eigenvalue weighted by Crippen LogP contribution is -2.37. The van der Waals surface area contributed by atoms with E-state index in [9.17, 15) is 18.0 Å². The molecule has 1 aliphatic rings. The maximum atomic E-state index is 12.9. The van der Waals surface area contributed by atoms with E-state index >= 15 is 0 Å². The van der Waals surface area contributed by atoms with E-state index in [1.165, 1.54) is 0 Å². The van der Waals surface area contributed by atoms with Gasteiger partial charge in [0.1, 0.15) is 5.69 Å². The molecule has 0 saturated carbocycles. The number of ether oxygens (including phenoxy) is 1. The van der Waals surface area contributed by atoms with E-state index in [2.05, 4.69) is 14.5 Å². The number of carboxylic acid groups (broad SMARTS) is 1. The Morgan fingerprint density at radius 3 is 2.55 bits per heavy atom. The zero-order valence-electron chi connectivity index (χ0n) is 17.6. The molecule has 1 unspecified atom stereocenters. The topological polar surface area (TPSA) is 102 Å². The molecule has 4 rings (SSSR count). The summed E-state index contributed by atoms with van der Waals surface area (Å²) in [4.78, 5) is 32.1. The standard InChI is InChI=1S/C19H21N5O2.C2HF3O2/c1-22-12-18(21-14-22)19(25)24-9-16-6-4-8-23(16)10-17(11-24)26-13-15-5-2-3-7-20-15;3-2(4,5)1(6)7/h2-8,12,14,17H,9-11,13H2,1H3;(H,6,7). The first-order valence-electron chi connectivity index (χ1n) is 9.86. The van der Waals surface area contributed by atoms with Crippen LogP contribution in [0.1, 0.15) is 21.9 Å². The van der Waals surface area contributed by atoms with Gasteiger partial charge in [-0.1, -0.05) is 6.07 Å². The van der Waals surface area contributed by atoms with Crippen LogP contribution in [-0.4, -0.2) is 59.8 Å². The second kappa shape index (κ2) is 10.3. The fourth-order valence-corrected chi connectivity index (χ4v) is 3.19. The summed E-state index contributed by atoms with van der Waals surface area (Å²) in [6.45, 7) is 2.20. The van der Waals surface area contributed by atoms with E-state index in [1.807, 2.05) is 48.5 Å². The summed E-state index contributed by atoms with van der Waals surface area (Å²) in [5.41, 5.74) is 2.43. The average Bonchev–Trinajstić information content (AvgIpc) is 3.36. The summed E-state index contributed by atoms with van der Waals surface area (Å²) >= 11 is 0. The monoisotopic (exact) mass is 465 g/mol. The van der Waals surface area contributed by atoms with Gasteiger partial charge in [-0.2, -0.15) is 13.2 Å². The summed E-state index contributed by atoms with van der Waals surface area (Å²) < 4.78 is 41.8. The fraction of sp³-hybridized carbons (Fsp3) is 0.333. The van der Waals surface area contributed by atoms with Crippen LogP contribution in [0, 0.1) is 0 Å². The van der Waals surface area contributed by atoms with Crippen LogP contribution < -0.4 is 0 Å². The predicted octanol–water partition coefficient (Wildman–Crippen LogP) is 2.49.